The first-order chi connectivity index (χ1) is 14.1. The number of hydrogen-bond donors (Lipinski definition) is 1. The quantitative estimate of drug-likeness (QED) is 0.318. The van der Waals surface area contributed by atoms with E-state index in [-0.39, 0.29) is 12.4 Å². The number of ether oxygens (including phenoxy) is 2. The lowest BCUT2D eigenvalue weighted by atomic mass is 10.1. The lowest BCUT2D eigenvalue weighted by Crippen LogP contribution is -2.07. The molecule has 0 aliphatic rings. The van der Waals surface area contributed by atoms with Gasteiger partial charge in [-0.3, -0.25) is 10.2 Å². The van der Waals surface area contributed by atoms with Crippen LogP contribution in [-0.2, 0) is 22.6 Å². The first-order valence-corrected chi connectivity index (χ1v) is 10.2. The molecule has 0 spiro atoms. The Morgan fingerprint density at radius 3 is 2.83 bits per heavy atom. The highest BCUT2D eigenvalue weighted by molar-refractivity contribution is 7.13. The van der Waals surface area contributed by atoms with Crippen molar-refractivity contribution in [2.24, 2.45) is 5.10 Å². The monoisotopic (exact) mass is 409 g/mol. The van der Waals surface area contributed by atoms with Gasteiger partial charge < -0.3 is 9.47 Å². The van der Waals surface area contributed by atoms with E-state index in [0.717, 1.165) is 22.4 Å². The van der Waals surface area contributed by atoms with Gasteiger partial charge in [-0.2, -0.15) is 5.10 Å². The number of rotatable bonds is 9. The van der Waals surface area contributed by atoms with Gasteiger partial charge in [0, 0.05) is 5.38 Å². The molecule has 3 aromatic rings. The average Bonchev–Trinajstić information content (AvgIpc) is 3.15. The van der Waals surface area contributed by atoms with Crippen molar-refractivity contribution in [3.05, 3.63) is 76.3 Å². The third-order valence-electron chi connectivity index (χ3n) is 3.99. The Morgan fingerprint density at radius 1 is 1.24 bits per heavy atom. The van der Waals surface area contributed by atoms with E-state index in [1.54, 1.807) is 13.1 Å². The van der Waals surface area contributed by atoms with Crippen LogP contribution in [0.4, 0.5) is 5.13 Å². The van der Waals surface area contributed by atoms with Gasteiger partial charge in [0.1, 0.15) is 12.4 Å². The van der Waals surface area contributed by atoms with E-state index in [1.165, 1.54) is 11.3 Å². The van der Waals surface area contributed by atoms with Crippen molar-refractivity contribution < 1.29 is 14.3 Å². The number of hydrogen-bond acceptors (Lipinski definition) is 7. The van der Waals surface area contributed by atoms with E-state index in [0.29, 0.717) is 24.0 Å². The highest BCUT2D eigenvalue weighted by Gasteiger charge is 2.08. The summed E-state index contributed by atoms with van der Waals surface area (Å²) in [5, 5.41) is 6.66. The molecule has 0 bridgehead atoms. The zero-order valence-electron chi connectivity index (χ0n) is 16.4. The standard InChI is InChI=1S/C22H23N3O3S/c1-3-27-21(26)12-19-15-29-22(24-19)25-23-13-18-9-10-20(16(2)11-18)28-14-17-7-5-4-6-8-17/h4-11,13,15H,3,12,14H2,1-2H3,(H,24,25). The van der Waals surface area contributed by atoms with Crippen LogP contribution in [0.5, 0.6) is 5.75 Å². The molecular weight excluding hydrogens is 386 g/mol. The lowest BCUT2D eigenvalue weighted by Gasteiger charge is -2.09. The fraction of sp³-hybridized carbons (Fsp3) is 0.227. The molecule has 0 unspecified atom stereocenters. The maximum atomic E-state index is 11.5. The minimum atomic E-state index is -0.280. The number of carbonyl (C=O) groups is 1. The van der Waals surface area contributed by atoms with Crippen LogP contribution in [0.25, 0.3) is 0 Å². The number of thiazole rings is 1. The van der Waals surface area contributed by atoms with E-state index in [9.17, 15) is 4.79 Å². The topological polar surface area (TPSA) is 72.8 Å². The number of hydrazone groups is 1. The smallest absolute Gasteiger partial charge is 0.311 e. The number of benzene rings is 2. The minimum absolute atomic E-state index is 0.166. The van der Waals surface area contributed by atoms with E-state index in [4.69, 9.17) is 9.47 Å². The second-order valence-corrected chi connectivity index (χ2v) is 7.15. The van der Waals surface area contributed by atoms with Crippen LogP contribution < -0.4 is 10.2 Å². The molecule has 1 N–H and O–H groups in total. The average molecular weight is 410 g/mol. The van der Waals surface area contributed by atoms with Crippen LogP contribution in [-0.4, -0.2) is 23.8 Å². The van der Waals surface area contributed by atoms with E-state index < -0.39 is 0 Å². The van der Waals surface area contributed by atoms with Gasteiger partial charge in [-0.1, -0.05) is 30.3 Å². The van der Waals surface area contributed by atoms with Crippen molar-refractivity contribution in [3.63, 3.8) is 0 Å². The van der Waals surface area contributed by atoms with Crippen LogP contribution in [0.15, 0.2) is 59.0 Å². The Labute approximate surface area is 174 Å². The highest BCUT2D eigenvalue weighted by atomic mass is 32.1. The normalized spacial score (nSPS) is 10.8. The Balaban J connectivity index is 1.52. The SMILES string of the molecule is CCOC(=O)Cc1csc(NN=Cc2ccc(OCc3ccccc3)c(C)c2)n1. The fourth-order valence-corrected chi connectivity index (χ4v) is 3.27. The number of esters is 1. The molecule has 0 radical (unpaired) electrons. The predicted molar refractivity (Wildman–Crippen MR) is 116 cm³/mol. The molecule has 29 heavy (non-hydrogen) atoms. The molecule has 0 saturated carbocycles. The first kappa shape index (κ1) is 20.5. The van der Waals surface area contributed by atoms with E-state index in [2.05, 4.69) is 15.5 Å². The summed E-state index contributed by atoms with van der Waals surface area (Å²) in [6, 6.07) is 16.0. The molecule has 1 aromatic heterocycles. The summed E-state index contributed by atoms with van der Waals surface area (Å²) < 4.78 is 10.8. The first-order valence-electron chi connectivity index (χ1n) is 9.30. The van der Waals surface area contributed by atoms with Crippen LogP contribution in [0.2, 0.25) is 0 Å². The summed E-state index contributed by atoms with van der Waals surface area (Å²) in [4.78, 5) is 15.8. The molecular formula is C22H23N3O3S. The number of anilines is 1. The molecule has 0 amide bonds. The number of aromatic nitrogens is 1. The largest absolute Gasteiger partial charge is 0.489 e. The van der Waals surface area contributed by atoms with Crippen molar-refractivity contribution in [1.82, 2.24) is 4.98 Å². The van der Waals surface area contributed by atoms with Crippen LogP contribution >= 0.6 is 11.3 Å². The van der Waals surface area contributed by atoms with Gasteiger partial charge in [0.15, 0.2) is 0 Å². The van der Waals surface area contributed by atoms with Gasteiger partial charge in [0.25, 0.3) is 0 Å². The van der Waals surface area contributed by atoms with Gasteiger partial charge in [-0.15, -0.1) is 11.3 Å². The molecule has 0 fully saturated rings. The van der Waals surface area contributed by atoms with Crippen molar-refractivity contribution in [2.45, 2.75) is 26.9 Å². The molecule has 3 rings (SSSR count). The van der Waals surface area contributed by atoms with Gasteiger partial charge in [-0.25, -0.2) is 4.98 Å². The van der Waals surface area contributed by atoms with Gasteiger partial charge in [-0.05, 0) is 48.7 Å². The van der Waals surface area contributed by atoms with Crippen LogP contribution in [0.1, 0.15) is 29.3 Å². The molecule has 6 nitrogen and oxygen atoms in total. The third-order valence-corrected chi connectivity index (χ3v) is 4.79. The zero-order valence-corrected chi connectivity index (χ0v) is 17.2. The summed E-state index contributed by atoms with van der Waals surface area (Å²) in [5.41, 5.74) is 6.68. The highest BCUT2D eigenvalue weighted by Crippen LogP contribution is 2.20. The van der Waals surface area contributed by atoms with Crippen molar-refractivity contribution in [2.75, 3.05) is 12.0 Å². The van der Waals surface area contributed by atoms with E-state index >= 15 is 0 Å². The zero-order chi connectivity index (χ0) is 20.5. The van der Waals surface area contributed by atoms with Gasteiger partial charge in [0.05, 0.1) is 24.9 Å². The van der Waals surface area contributed by atoms with Crippen molar-refractivity contribution in [1.29, 1.82) is 0 Å². The van der Waals surface area contributed by atoms with Crippen molar-refractivity contribution >= 4 is 28.7 Å². The summed E-state index contributed by atoms with van der Waals surface area (Å²) in [6.07, 6.45) is 1.89. The molecule has 150 valence electrons. The summed E-state index contributed by atoms with van der Waals surface area (Å²) in [6.45, 7) is 4.70. The lowest BCUT2D eigenvalue weighted by molar-refractivity contribution is -0.142. The number of nitrogens with zero attached hydrogens (tertiary/aromatic N) is 2. The third kappa shape index (κ3) is 6.43. The maximum Gasteiger partial charge on any atom is 0.311 e. The summed E-state index contributed by atoms with van der Waals surface area (Å²) >= 11 is 1.39. The number of aryl methyl sites for hydroxylation is 1. The molecule has 0 saturated heterocycles. The second kappa shape index (κ2) is 10.4. The number of nitrogens with one attached hydrogen (secondary N) is 1. The van der Waals surface area contributed by atoms with Crippen LogP contribution in [0, 0.1) is 6.92 Å². The molecule has 0 aliphatic carbocycles. The second-order valence-electron chi connectivity index (χ2n) is 6.30. The summed E-state index contributed by atoms with van der Waals surface area (Å²) in [5.74, 6) is 0.570. The predicted octanol–water partition coefficient (Wildman–Crippen LogP) is 4.58. The minimum Gasteiger partial charge on any atom is -0.489 e. The molecule has 2 aromatic carbocycles. The molecule has 7 heteroatoms. The Kier molecular flexibility index (Phi) is 7.35. The molecule has 0 atom stereocenters. The van der Waals surface area contributed by atoms with E-state index in [1.807, 2.05) is 60.8 Å². The van der Waals surface area contributed by atoms with Gasteiger partial charge >= 0.3 is 5.97 Å². The molecule has 0 aliphatic heterocycles. The Hall–Kier alpha value is -3.19. The van der Waals surface area contributed by atoms with Crippen LogP contribution in [0.3, 0.4) is 0 Å². The molecule has 1 heterocycles. The number of carbonyl (C=O) groups excluding carboxylic acids is 1. The van der Waals surface area contributed by atoms with Gasteiger partial charge in [0.2, 0.25) is 5.13 Å². The van der Waals surface area contributed by atoms with Crippen molar-refractivity contribution in [3.8, 4) is 5.75 Å². The summed E-state index contributed by atoms with van der Waals surface area (Å²) in [7, 11) is 0. The Morgan fingerprint density at radius 2 is 2.07 bits per heavy atom. The maximum absolute atomic E-state index is 11.5. The Bertz CT molecular complexity index is 970. The fourth-order valence-electron chi connectivity index (χ4n) is 2.61.